The quantitative estimate of drug-likeness (QED) is 0.430. The zero-order chi connectivity index (χ0) is 15.2. The van der Waals surface area contributed by atoms with Crippen molar-refractivity contribution in [3.8, 4) is 0 Å². The summed E-state index contributed by atoms with van der Waals surface area (Å²) in [6.07, 6.45) is 0. The van der Waals surface area contributed by atoms with Crippen LogP contribution in [0.1, 0.15) is 29.7 Å². The molecule has 0 saturated carbocycles. The number of aliphatic imine (C=N–C) groups is 1. The Hall–Kier alpha value is -1.15. The predicted molar refractivity (Wildman–Crippen MR) is 103 cm³/mol. The van der Waals surface area contributed by atoms with Crippen molar-refractivity contribution >= 4 is 41.3 Å². The van der Waals surface area contributed by atoms with Gasteiger partial charge in [-0.05, 0) is 53.4 Å². The van der Waals surface area contributed by atoms with Gasteiger partial charge in [0.1, 0.15) is 5.82 Å². The smallest absolute Gasteiger partial charge is 0.191 e. The maximum atomic E-state index is 13.6. The van der Waals surface area contributed by atoms with Gasteiger partial charge in [0, 0.05) is 13.6 Å². The second-order valence-electron chi connectivity index (χ2n) is 4.93. The number of guanidine groups is 1. The lowest BCUT2D eigenvalue weighted by atomic mass is 10.1. The first-order valence-electron chi connectivity index (χ1n) is 6.84. The van der Waals surface area contributed by atoms with E-state index in [1.54, 1.807) is 37.4 Å². The molecule has 1 atom stereocenters. The Labute approximate surface area is 152 Å². The Morgan fingerprint density at radius 3 is 2.73 bits per heavy atom. The fourth-order valence-corrected chi connectivity index (χ4v) is 2.61. The molecule has 0 amide bonds. The summed E-state index contributed by atoms with van der Waals surface area (Å²) in [5.41, 5.74) is 2.78. The molecule has 1 aromatic carbocycles. The van der Waals surface area contributed by atoms with Crippen molar-refractivity contribution < 1.29 is 4.39 Å². The lowest BCUT2D eigenvalue weighted by Crippen LogP contribution is -2.38. The molecule has 0 saturated heterocycles. The summed E-state index contributed by atoms with van der Waals surface area (Å²) in [6, 6.07) is 7.35. The SMILES string of the molecule is CN=C(NCc1ccsc1)NC(C)c1ccc(C)c(F)c1.I. The van der Waals surface area contributed by atoms with Crippen LogP contribution in [0.25, 0.3) is 0 Å². The maximum Gasteiger partial charge on any atom is 0.191 e. The van der Waals surface area contributed by atoms with Gasteiger partial charge in [0.25, 0.3) is 0 Å². The molecular formula is C16H21FIN3S. The topological polar surface area (TPSA) is 36.4 Å². The van der Waals surface area contributed by atoms with E-state index in [1.807, 2.05) is 18.4 Å². The number of nitrogens with one attached hydrogen (secondary N) is 2. The van der Waals surface area contributed by atoms with E-state index in [9.17, 15) is 4.39 Å². The van der Waals surface area contributed by atoms with Crippen molar-refractivity contribution in [3.05, 3.63) is 57.5 Å². The Kier molecular flexibility index (Phi) is 7.81. The fraction of sp³-hybridized carbons (Fsp3) is 0.312. The Morgan fingerprint density at radius 2 is 2.14 bits per heavy atom. The van der Waals surface area contributed by atoms with E-state index in [0.717, 1.165) is 12.1 Å². The van der Waals surface area contributed by atoms with Gasteiger partial charge >= 0.3 is 0 Å². The van der Waals surface area contributed by atoms with Crippen LogP contribution in [-0.2, 0) is 6.54 Å². The summed E-state index contributed by atoms with van der Waals surface area (Å²) in [5.74, 6) is 0.525. The van der Waals surface area contributed by atoms with Gasteiger partial charge in [-0.2, -0.15) is 11.3 Å². The van der Waals surface area contributed by atoms with Crippen LogP contribution in [0.15, 0.2) is 40.0 Å². The number of aryl methyl sites for hydroxylation is 1. The van der Waals surface area contributed by atoms with Crippen LogP contribution in [0.4, 0.5) is 4.39 Å². The molecule has 0 aliphatic carbocycles. The van der Waals surface area contributed by atoms with E-state index >= 15 is 0 Å². The zero-order valence-electron chi connectivity index (χ0n) is 12.9. The van der Waals surface area contributed by atoms with Crippen molar-refractivity contribution in [3.63, 3.8) is 0 Å². The normalized spacial score (nSPS) is 12.5. The molecule has 0 bridgehead atoms. The van der Waals surface area contributed by atoms with Gasteiger partial charge in [-0.3, -0.25) is 4.99 Å². The summed E-state index contributed by atoms with van der Waals surface area (Å²) in [6.45, 7) is 4.47. The number of nitrogens with zero attached hydrogens (tertiary/aromatic N) is 1. The Balaban J connectivity index is 0.00000242. The first-order chi connectivity index (χ1) is 10.1. The highest BCUT2D eigenvalue weighted by Gasteiger charge is 2.09. The minimum Gasteiger partial charge on any atom is -0.352 e. The van der Waals surface area contributed by atoms with Crippen molar-refractivity contribution in [1.82, 2.24) is 10.6 Å². The Bertz CT molecular complexity index is 614. The van der Waals surface area contributed by atoms with E-state index in [2.05, 4.69) is 27.1 Å². The molecule has 2 N–H and O–H groups in total. The van der Waals surface area contributed by atoms with Crippen molar-refractivity contribution in [2.75, 3.05) is 7.05 Å². The predicted octanol–water partition coefficient (Wildman–Crippen LogP) is 4.24. The average molecular weight is 433 g/mol. The van der Waals surface area contributed by atoms with E-state index in [1.165, 1.54) is 5.56 Å². The monoisotopic (exact) mass is 433 g/mol. The lowest BCUT2D eigenvalue weighted by molar-refractivity contribution is 0.607. The molecule has 2 rings (SSSR count). The van der Waals surface area contributed by atoms with Crippen LogP contribution < -0.4 is 10.6 Å². The summed E-state index contributed by atoms with van der Waals surface area (Å²) in [5, 5.41) is 10.7. The van der Waals surface area contributed by atoms with Crippen molar-refractivity contribution in [2.45, 2.75) is 26.4 Å². The third-order valence-electron chi connectivity index (χ3n) is 3.31. The molecule has 1 unspecified atom stereocenters. The largest absolute Gasteiger partial charge is 0.352 e. The van der Waals surface area contributed by atoms with Gasteiger partial charge in [0.15, 0.2) is 5.96 Å². The molecule has 120 valence electrons. The summed E-state index contributed by atoms with van der Waals surface area (Å²) < 4.78 is 13.6. The minimum atomic E-state index is -0.178. The number of hydrogen-bond donors (Lipinski definition) is 2. The van der Waals surface area contributed by atoms with Gasteiger partial charge in [-0.15, -0.1) is 24.0 Å². The highest BCUT2D eigenvalue weighted by Crippen LogP contribution is 2.16. The first kappa shape index (κ1) is 18.9. The molecule has 0 aliphatic heterocycles. The second-order valence-corrected chi connectivity index (χ2v) is 5.71. The Morgan fingerprint density at radius 1 is 1.36 bits per heavy atom. The van der Waals surface area contributed by atoms with Crippen LogP contribution >= 0.6 is 35.3 Å². The molecule has 2 aromatic rings. The molecule has 0 radical (unpaired) electrons. The molecule has 0 aliphatic rings. The molecule has 3 nitrogen and oxygen atoms in total. The van der Waals surface area contributed by atoms with Crippen molar-refractivity contribution in [2.24, 2.45) is 4.99 Å². The van der Waals surface area contributed by atoms with E-state index in [0.29, 0.717) is 11.5 Å². The van der Waals surface area contributed by atoms with Crippen LogP contribution in [-0.4, -0.2) is 13.0 Å². The molecule has 22 heavy (non-hydrogen) atoms. The van der Waals surface area contributed by atoms with Gasteiger partial charge in [0.05, 0.1) is 6.04 Å². The second kappa shape index (κ2) is 9.09. The molecule has 6 heteroatoms. The first-order valence-corrected chi connectivity index (χ1v) is 7.78. The van der Waals surface area contributed by atoms with Gasteiger partial charge in [-0.1, -0.05) is 12.1 Å². The fourth-order valence-electron chi connectivity index (χ4n) is 1.94. The van der Waals surface area contributed by atoms with Gasteiger partial charge in [-0.25, -0.2) is 4.39 Å². The molecule has 1 aromatic heterocycles. The third kappa shape index (κ3) is 5.24. The molecule has 0 fully saturated rings. The molecular weight excluding hydrogens is 412 g/mol. The van der Waals surface area contributed by atoms with Crippen LogP contribution in [0.3, 0.4) is 0 Å². The minimum absolute atomic E-state index is 0. The number of thiophene rings is 1. The van der Waals surface area contributed by atoms with Gasteiger partial charge in [0.2, 0.25) is 0 Å². The summed E-state index contributed by atoms with van der Waals surface area (Å²) in [4.78, 5) is 4.20. The summed E-state index contributed by atoms with van der Waals surface area (Å²) in [7, 11) is 1.73. The number of rotatable bonds is 4. The van der Waals surface area contributed by atoms with Crippen LogP contribution in [0, 0.1) is 12.7 Å². The molecule has 1 heterocycles. The standard InChI is InChI=1S/C16H20FN3S.HI/c1-11-4-5-14(8-15(11)17)12(2)20-16(18-3)19-9-13-6-7-21-10-13;/h4-8,10,12H,9H2,1-3H3,(H2,18,19,20);1H. The molecule has 0 spiro atoms. The highest BCUT2D eigenvalue weighted by atomic mass is 127. The zero-order valence-corrected chi connectivity index (χ0v) is 16.0. The van der Waals surface area contributed by atoms with Gasteiger partial charge < -0.3 is 10.6 Å². The summed E-state index contributed by atoms with van der Waals surface area (Å²) >= 11 is 1.67. The van der Waals surface area contributed by atoms with E-state index in [4.69, 9.17) is 0 Å². The maximum absolute atomic E-state index is 13.6. The van der Waals surface area contributed by atoms with Crippen molar-refractivity contribution in [1.29, 1.82) is 0 Å². The van der Waals surface area contributed by atoms with Crippen LogP contribution in [0.5, 0.6) is 0 Å². The van der Waals surface area contributed by atoms with E-state index in [-0.39, 0.29) is 35.8 Å². The van der Waals surface area contributed by atoms with E-state index < -0.39 is 0 Å². The van der Waals surface area contributed by atoms with Crippen LogP contribution in [0.2, 0.25) is 0 Å². The third-order valence-corrected chi connectivity index (χ3v) is 4.04. The average Bonchev–Trinajstić information content (AvgIpc) is 2.99. The number of hydrogen-bond acceptors (Lipinski definition) is 2. The lowest BCUT2D eigenvalue weighted by Gasteiger charge is -2.18. The number of halogens is 2. The highest BCUT2D eigenvalue weighted by molar-refractivity contribution is 14.0. The number of benzene rings is 1.